The van der Waals surface area contributed by atoms with Gasteiger partial charge in [0.25, 0.3) is 49.1 Å². The van der Waals surface area contributed by atoms with Crippen LogP contribution < -0.4 is 29.9 Å². The number of fused-ring (bicyclic) bond motifs is 3. The van der Waals surface area contributed by atoms with E-state index < -0.39 is 49.1 Å². The van der Waals surface area contributed by atoms with Crippen molar-refractivity contribution in [2.75, 3.05) is 69.1 Å². The Morgan fingerprint density at radius 2 is 0.772 bits per heavy atom. The highest BCUT2D eigenvalue weighted by Gasteiger charge is 2.31. The number of halogens is 1. The van der Waals surface area contributed by atoms with Crippen LogP contribution in [0.4, 0.5) is 34.5 Å². The second-order valence-electron chi connectivity index (χ2n) is 28.0. The van der Waals surface area contributed by atoms with Gasteiger partial charge in [-0.25, -0.2) is 79.9 Å². The SMILES string of the molecule is Cc1ccc(S(=O)(=O)n2ccc3c(N4CCCC(c5cccc(N)c5)C4)ncnc32)cc1.Cc1ccc(S(=O)(=O)n2ccc3c(N4CCCC(c5cccc(NS(=O)(=O)c6ccccc6)c5)C4)ncnc32)cc1.O=S(=O)(Cl)c1ccccc1.O=S(=O)(Nc1cccc(C2CCCN(c3ncnc4[nH]ccc34)C2)c1)c1ccccc1. The predicted molar refractivity (Wildman–Crippen MR) is 447 cm³/mol. The first-order valence-electron chi connectivity index (χ1n) is 36.9. The van der Waals surface area contributed by atoms with Gasteiger partial charge in [0.1, 0.15) is 42.1 Å². The van der Waals surface area contributed by atoms with Crippen molar-refractivity contribution in [3.63, 3.8) is 0 Å². The molecule has 5 N–H and O–H groups in total. The molecule has 3 aliphatic rings. The Morgan fingerprint density at radius 1 is 0.395 bits per heavy atom. The Balaban J connectivity index is 0.000000134. The molecule has 6 aromatic heterocycles. The van der Waals surface area contributed by atoms with Gasteiger partial charge in [-0.05, 0) is 184 Å². The summed E-state index contributed by atoms with van der Waals surface area (Å²) < 4.78 is 133. The molecule has 3 atom stereocenters. The molecule has 31 heteroatoms. The van der Waals surface area contributed by atoms with Crippen molar-refractivity contribution in [3.8, 4) is 0 Å². The molecule has 3 fully saturated rings. The number of anilines is 6. The number of piperidine rings is 3. The lowest BCUT2D eigenvalue weighted by atomic mass is 9.90. The maximum absolute atomic E-state index is 13.4. The van der Waals surface area contributed by atoms with Gasteiger partial charge in [-0.15, -0.1) is 0 Å². The number of aryl methyl sites for hydroxylation is 2. The molecule has 3 aliphatic heterocycles. The van der Waals surface area contributed by atoms with E-state index in [4.69, 9.17) is 16.4 Å². The lowest BCUT2D eigenvalue weighted by Crippen LogP contribution is -2.35. The minimum absolute atomic E-state index is 0.133. The molecule has 14 aromatic rings. The van der Waals surface area contributed by atoms with Gasteiger partial charge < -0.3 is 25.4 Å². The van der Waals surface area contributed by atoms with E-state index in [0.717, 1.165) is 127 Å². The van der Waals surface area contributed by atoms with Crippen molar-refractivity contribution < 1.29 is 42.1 Å². The first kappa shape index (κ1) is 79.1. The van der Waals surface area contributed by atoms with E-state index in [1.165, 1.54) is 44.5 Å². The predicted octanol–water partition coefficient (Wildman–Crippen LogP) is 14.9. The summed E-state index contributed by atoms with van der Waals surface area (Å²) in [6.07, 6.45) is 15.4. The van der Waals surface area contributed by atoms with Crippen LogP contribution in [-0.4, -0.2) is 124 Å². The van der Waals surface area contributed by atoms with Crippen LogP contribution >= 0.6 is 10.7 Å². The van der Waals surface area contributed by atoms with E-state index in [-0.39, 0.29) is 30.4 Å². The van der Waals surface area contributed by atoms with E-state index in [2.05, 4.69) is 71.2 Å². The van der Waals surface area contributed by atoms with Crippen LogP contribution in [0.5, 0.6) is 0 Å². The minimum Gasteiger partial charge on any atom is -0.399 e. The number of H-pyrrole nitrogens is 1. The van der Waals surface area contributed by atoms with Gasteiger partial charge in [-0.3, -0.25) is 9.44 Å². The van der Waals surface area contributed by atoms with Crippen molar-refractivity contribution in [2.24, 2.45) is 0 Å². The third kappa shape index (κ3) is 18.1. The van der Waals surface area contributed by atoms with Gasteiger partial charge in [-0.2, -0.15) is 0 Å². The zero-order valence-electron chi connectivity index (χ0n) is 62.1. The molecule has 0 aliphatic carbocycles. The number of nitrogens with two attached hydrogens (primary N) is 1. The second kappa shape index (κ2) is 34.0. The zero-order chi connectivity index (χ0) is 79.8. The van der Waals surface area contributed by atoms with Gasteiger partial charge >= 0.3 is 0 Å². The summed E-state index contributed by atoms with van der Waals surface area (Å²) in [4.78, 5) is 37.4. The summed E-state index contributed by atoms with van der Waals surface area (Å²) in [5, 5.41) is 2.41. The maximum Gasteiger partial charge on any atom is 0.269 e. The number of aromatic nitrogens is 9. The Labute approximate surface area is 667 Å². The third-order valence-corrected chi connectivity index (χ3v) is 27.8. The molecule has 9 heterocycles. The van der Waals surface area contributed by atoms with Gasteiger partial charge in [-0.1, -0.05) is 126 Å². The minimum atomic E-state index is -3.83. The summed E-state index contributed by atoms with van der Waals surface area (Å²) in [7, 11) is -13.4. The van der Waals surface area contributed by atoms with Crippen LogP contribution in [0.1, 0.15) is 84.1 Å². The molecule has 586 valence electrons. The molecule has 0 amide bonds. The van der Waals surface area contributed by atoms with Crippen LogP contribution in [0.3, 0.4) is 0 Å². The number of hydrogen-bond donors (Lipinski definition) is 4. The quantitative estimate of drug-likeness (QED) is 0.0486. The molecule has 0 bridgehead atoms. The van der Waals surface area contributed by atoms with Crippen molar-refractivity contribution in [1.29, 1.82) is 0 Å². The molecule has 3 unspecified atom stereocenters. The van der Waals surface area contributed by atoms with E-state index >= 15 is 0 Å². The largest absolute Gasteiger partial charge is 0.399 e. The third-order valence-electron chi connectivity index (χ3n) is 20.2. The molecule has 25 nitrogen and oxygen atoms in total. The Kier molecular flexibility index (Phi) is 23.6. The standard InChI is InChI=1S/C30H29N5O4S2.C24H25N5O2S.C23H23N5O2S.C6H5ClO2S/c1-22-12-14-27(15-13-22)41(38,39)35-18-16-28-29(31-21-32-30(28)35)34-17-6-8-24(20-34)23-7-5-9-25(19-23)33-40(36,37)26-10-3-2-4-11-26;1-17-7-9-21(10-8-17)32(30,31)29-13-11-22-23(26-16-27-24(22)29)28-12-3-5-19(15-28)18-4-2-6-20(25)14-18;29-31(30,20-9-2-1-3-10-20)27-19-8-4-6-17(14-19)18-7-5-13-28(15-18)23-21-11-12-24-22(21)25-16-26-23;7-10(8,9)6-4-2-1-3-5-6/h2-5,7,9-16,18-19,21,24,33H,6,8,17,20H2,1H3;2,4,6-11,13-14,16,19H,3,5,12,15,25H2,1H3;1-4,6,8-12,14,16,18,27H,5,7,13,15H2,(H,24,25,26);1-5H. The highest BCUT2D eigenvalue weighted by atomic mass is 35.7. The highest BCUT2D eigenvalue weighted by Crippen LogP contribution is 2.38. The fourth-order valence-corrected chi connectivity index (χ4v) is 20.1. The summed E-state index contributed by atoms with van der Waals surface area (Å²) >= 11 is 0. The van der Waals surface area contributed by atoms with Gasteiger partial charge in [0.2, 0.25) is 0 Å². The first-order valence-corrected chi connectivity index (χ1v) is 45.0. The van der Waals surface area contributed by atoms with Crippen molar-refractivity contribution >= 4 is 127 Å². The lowest BCUT2D eigenvalue weighted by molar-refractivity contribution is 0.508. The van der Waals surface area contributed by atoms with Crippen LogP contribution in [0, 0.1) is 13.8 Å². The molecule has 3 saturated heterocycles. The van der Waals surface area contributed by atoms with Crippen molar-refractivity contribution in [1.82, 2.24) is 42.8 Å². The molecule has 0 spiro atoms. The van der Waals surface area contributed by atoms with E-state index in [9.17, 15) is 42.1 Å². The van der Waals surface area contributed by atoms with Gasteiger partial charge in [0, 0.05) is 103 Å². The summed E-state index contributed by atoms with van der Waals surface area (Å²) in [5.41, 5.74) is 14.7. The lowest BCUT2D eigenvalue weighted by Gasteiger charge is -2.34. The number of hydrogen-bond acceptors (Lipinski definition) is 20. The van der Waals surface area contributed by atoms with E-state index in [0.29, 0.717) is 52.3 Å². The Bertz CT molecular complexity index is 6350. The molecular formula is C83H82ClN15O10S5. The molecule has 17 rings (SSSR count). The van der Waals surface area contributed by atoms with Crippen molar-refractivity contribution in [3.05, 3.63) is 296 Å². The average molecular weight is 1650 g/mol. The van der Waals surface area contributed by atoms with Crippen molar-refractivity contribution in [2.45, 2.75) is 94.6 Å². The number of rotatable bonds is 17. The number of benzene rings is 8. The molecule has 0 radical (unpaired) electrons. The van der Waals surface area contributed by atoms with Crippen LogP contribution in [0.2, 0.25) is 0 Å². The maximum atomic E-state index is 13.4. The number of sulfonamides is 2. The zero-order valence-corrected chi connectivity index (χ0v) is 67.0. The fraction of sp³-hybridized carbons (Fsp3) is 0.205. The summed E-state index contributed by atoms with van der Waals surface area (Å²) in [5.74, 6) is 3.15. The number of nitrogen functional groups attached to an aromatic ring is 1. The van der Waals surface area contributed by atoms with Crippen LogP contribution in [0.15, 0.2) is 293 Å². The van der Waals surface area contributed by atoms with Gasteiger partial charge in [0.15, 0.2) is 11.3 Å². The summed E-state index contributed by atoms with van der Waals surface area (Å²) in [6, 6.07) is 66.9. The molecule has 0 saturated carbocycles. The fourth-order valence-electron chi connectivity index (χ4n) is 14.5. The highest BCUT2D eigenvalue weighted by molar-refractivity contribution is 8.13. The van der Waals surface area contributed by atoms with Gasteiger partial charge in [0.05, 0.1) is 40.6 Å². The number of nitrogens with one attached hydrogen (secondary N) is 3. The smallest absolute Gasteiger partial charge is 0.269 e. The second-order valence-corrected chi connectivity index (χ2v) is 37.6. The van der Waals surface area contributed by atoms with E-state index in [1.54, 1.807) is 164 Å². The van der Waals surface area contributed by atoms with Crippen LogP contribution in [0.25, 0.3) is 33.1 Å². The topological polar surface area (TPSA) is 333 Å². The first-order chi connectivity index (χ1) is 54.9. The summed E-state index contributed by atoms with van der Waals surface area (Å²) in [6.45, 7) is 8.67. The van der Waals surface area contributed by atoms with E-state index in [1.807, 2.05) is 74.6 Å². The Hall–Kier alpha value is -11.5. The number of nitrogens with zero attached hydrogens (tertiary/aromatic N) is 11. The molecule has 8 aromatic carbocycles. The monoisotopic (exact) mass is 1640 g/mol. The molecule has 114 heavy (non-hydrogen) atoms. The molecular weight excluding hydrogens is 1560 g/mol. The van der Waals surface area contributed by atoms with Crippen LogP contribution in [-0.2, 0) is 49.1 Å². The number of aromatic amines is 1. The average Bonchev–Trinajstić information content (AvgIpc) is 1.60. The Morgan fingerprint density at radius 3 is 1.17 bits per heavy atom. The normalized spacial score (nSPS) is 16.2.